The first-order chi connectivity index (χ1) is 12.6. The molecule has 4 rings (SSSR count). The molecule has 0 saturated heterocycles. The fourth-order valence-corrected chi connectivity index (χ4v) is 3.56. The number of nitrogens with zero attached hydrogens (tertiary/aromatic N) is 5. The lowest BCUT2D eigenvalue weighted by molar-refractivity contribution is 0.387. The Morgan fingerprint density at radius 1 is 1.12 bits per heavy atom. The van der Waals surface area contributed by atoms with Gasteiger partial charge in [-0.25, -0.2) is 18.7 Å². The molecule has 0 fully saturated rings. The lowest BCUT2D eigenvalue weighted by Crippen LogP contribution is -2.02. The Morgan fingerprint density at radius 2 is 1.96 bits per heavy atom. The highest BCUT2D eigenvalue weighted by Gasteiger charge is 2.15. The van der Waals surface area contributed by atoms with E-state index in [4.69, 9.17) is 0 Å². The van der Waals surface area contributed by atoms with Crippen molar-refractivity contribution in [1.29, 1.82) is 0 Å². The number of halogens is 4. The summed E-state index contributed by atoms with van der Waals surface area (Å²) >= 11 is 5.34. The van der Waals surface area contributed by atoms with Crippen molar-refractivity contribution >= 4 is 49.6 Å². The molecule has 26 heavy (non-hydrogen) atoms. The molecule has 132 valence electrons. The van der Waals surface area contributed by atoms with Crippen LogP contribution in [0.4, 0.5) is 8.78 Å². The third kappa shape index (κ3) is 3.13. The lowest BCUT2D eigenvalue weighted by atomic mass is 10.2. The molecule has 0 atom stereocenters. The van der Waals surface area contributed by atoms with Gasteiger partial charge in [0.15, 0.2) is 6.80 Å². The molecule has 1 aromatic carbocycles. The van der Waals surface area contributed by atoms with Crippen LogP contribution in [0.2, 0.25) is 0 Å². The molecule has 9 heteroatoms. The summed E-state index contributed by atoms with van der Waals surface area (Å²) in [6.45, 7) is -0.178. The maximum Gasteiger partial charge on any atom is 0.167 e. The molecule has 0 spiro atoms. The number of pyridine rings is 1. The Bertz CT molecular complexity index is 1110. The van der Waals surface area contributed by atoms with E-state index in [0.717, 1.165) is 9.26 Å². The van der Waals surface area contributed by atoms with Crippen molar-refractivity contribution in [2.45, 2.75) is 13.3 Å². The minimum Gasteiger partial charge on any atom is -0.322 e. The van der Waals surface area contributed by atoms with E-state index in [1.54, 1.807) is 24.9 Å². The minimum atomic E-state index is -0.770. The molecule has 3 aromatic heterocycles. The van der Waals surface area contributed by atoms with Crippen molar-refractivity contribution in [3.63, 3.8) is 0 Å². The van der Waals surface area contributed by atoms with Gasteiger partial charge in [0.1, 0.15) is 11.6 Å². The highest BCUT2D eigenvalue weighted by Crippen LogP contribution is 2.29. The van der Waals surface area contributed by atoms with E-state index in [1.165, 1.54) is 16.7 Å². The Hall–Kier alpha value is -1.88. The number of imidazole rings is 2. The quantitative estimate of drug-likeness (QED) is 0.358. The summed E-state index contributed by atoms with van der Waals surface area (Å²) in [4.78, 5) is 12.8. The van der Waals surface area contributed by atoms with Crippen molar-refractivity contribution < 1.29 is 8.78 Å². The number of aromatic nitrogens is 5. The van der Waals surface area contributed by atoms with Crippen molar-refractivity contribution in [3.8, 4) is 11.4 Å². The van der Waals surface area contributed by atoms with Crippen LogP contribution in [0.1, 0.15) is 5.56 Å². The normalized spacial score (nSPS) is 11.4. The molecule has 0 aliphatic heterocycles. The van der Waals surface area contributed by atoms with Gasteiger partial charge in [0.2, 0.25) is 0 Å². The number of hydrogen-bond acceptors (Lipinski definition) is 3. The Balaban J connectivity index is 1.80. The summed E-state index contributed by atoms with van der Waals surface area (Å²) in [7, 11) is 0. The number of rotatable bonds is 4. The van der Waals surface area contributed by atoms with Crippen LogP contribution in [0.15, 0.2) is 47.6 Å². The molecule has 0 N–H and O–H groups in total. The van der Waals surface area contributed by atoms with Crippen molar-refractivity contribution in [2.24, 2.45) is 0 Å². The molecule has 4 aromatic rings. The van der Waals surface area contributed by atoms with Crippen LogP contribution >= 0.6 is 38.5 Å². The molecule has 0 saturated carbocycles. The van der Waals surface area contributed by atoms with Gasteiger partial charge in [-0.1, -0.05) is 0 Å². The van der Waals surface area contributed by atoms with Gasteiger partial charge in [0.25, 0.3) is 0 Å². The van der Waals surface area contributed by atoms with Gasteiger partial charge < -0.3 is 4.57 Å². The minimum absolute atomic E-state index is 0.271. The third-order valence-electron chi connectivity index (χ3n) is 3.98. The molecule has 5 nitrogen and oxygen atoms in total. The monoisotopic (exact) mass is 529 g/mol. The lowest BCUT2D eigenvalue weighted by Gasteiger charge is -2.08. The number of fused-ring (bicyclic) bond motifs is 1. The van der Waals surface area contributed by atoms with Crippen LogP contribution < -0.4 is 0 Å². The second kappa shape index (κ2) is 7.03. The van der Waals surface area contributed by atoms with Gasteiger partial charge in [-0.2, -0.15) is 0 Å². The number of alkyl halides is 1. The molecular weight excluding hydrogens is 519 g/mol. The maximum absolute atomic E-state index is 13.8. The van der Waals surface area contributed by atoms with Crippen molar-refractivity contribution in [1.82, 2.24) is 24.1 Å². The SMILES string of the molecule is FCn1c(-c2cncc(Cn3cncc3I)c2)nc2cc(F)c(Br)cc21. The highest BCUT2D eigenvalue weighted by atomic mass is 127. The van der Waals surface area contributed by atoms with E-state index in [2.05, 4.69) is 53.5 Å². The second-order valence-corrected chi connectivity index (χ2v) is 7.62. The first-order valence-electron chi connectivity index (χ1n) is 7.58. The Kier molecular flexibility index (Phi) is 4.74. The Labute approximate surface area is 169 Å². The van der Waals surface area contributed by atoms with Crippen LogP contribution in [0.25, 0.3) is 22.4 Å². The topological polar surface area (TPSA) is 48.5 Å². The van der Waals surface area contributed by atoms with Crippen LogP contribution in [-0.4, -0.2) is 24.1 Å². The summed E-state index contributed by atoms with van der Waals surface area (Å²) in [6.07, 6.45) is 6.89. The van der Waals surface area contributed by atoms with Gasteiger partial charge in [-0.15, -0.1) is 0 Å². The van der Waals surface area contributed by atoms with Crippen molar-refractivity contribution in [2.75, 3.05) is 0 Å². The third-order valence-corrected chi connectivity index (χ3v) is 5.48. The van der Waals surface area contributed by atoms with Crippen LogP contribution in [-0.2, 0) is 13.3 Å². The smallest absolute Gasteiger partial charge is 0.167 e. The summed E-state index contributed by atoms with van der Waals surface area (Å²) in [5.74, 6) is -0.0243. The van der Waals surface area contributed by atoms with Crippen LogP contribution in [0.3, 0.4) is 0 Å². The molecule has 0 aliphatic rings. The van der Waals surface area contributed by atoms with E-state index < -0.39 is 12.6 Å². The fraction of sp³-hybridized carbons (Fsp3) is 0.118. The van der Waals surface area contributed by atoms with E-state index in [-0.39, 0.29) is 4.47 Å². The zero-order valence-corrected chi connectivity index (χ0v) is 16.9. The van der Waals surface area contributed by atoms with E-state index in [0.29, 0.717) is 29.0 Å². The van der Waals surface area contributed by atoms with Crippen molar-refractivity contribution in [3.05, 3.63) is 62.7 Å². The zero-order valence-electron chi connectivity index (χ0n) is 13.2. The molecule has 0 bridgehead atoms. The summed E-state index contributed by atoms with van der Waals surface area (Å²) in [5, 5.41) is 0. The molecule has 0 unspecified atom stereocenters. The van der Waals surface area contributed by atoms with Crippen LogP contribution in [0, 0.1) is 9.52 Å². The van der Waals surface area contributed by atoms with E-state index in [9.17, 15) is 8.78 Å². The second-order valence-electron chi connectivity index (χ2n) is 5.66. The molecular formula is C17H11BrF2IN5. The van der Waals surface area contributed by atoms with Gasteiger partial charge in [-0.05, 0) is 56.2 Å². The highest BCUT2D eigenvalue weighted by molar-refractivity contribution is 14.1. The van der Waals surface area contributed by atoms with Gasteiger partial charge in [-0.3, -0.25) is 9.55 Å². The number of hydrogen-bond donors (Lipinski definition) is 0. The molecule has 3 heterocycles. The van der Waals surface area contributed by atoms with Gasteiger partial charge in [0, 0.05) is 24.0 Å². The fourth-order valence-electron chi connectivity index (χ4n) is 2.78. The Morgan fingerprint density at radius 3 is 2.69 bits per heavy atom. The number of benzene rings is 1. The standard InChI is InChI=1S/C17H11BrF2IN5/c18-12-2-15-14(3-13(12)20)24-17(26(15)8-19)11-1-10(4-22-5-11)7-25-9-23-6-16(25)21/h1-6,9H,7-8H2. The average Bonchev–Trinajstić information content (AvgIpc) is 3.19. The summed E-state index contributed by atoms with van der Waals surface area (Å²) < 4.78 is 32.2. The average molecular weight is 530 g/mol. The zero-order chi connectivity index (χ0) is 18.3. The van der Waals surface area contributed by atoms with Gasteiger partial charge >= 0.3 is 0 Å². The van der Waals surface area contributed by atoms with E-state index in [1.807, 2.05) is 10.6 Å². The first kappa shape index (κ1) is 17.5. The first-order valence-corrected chi connectivity index (χ1v) is 9.45. The van der Waals surface area contributed by atoms with Gasteiger partial charge in [0.05, 0.1) is 38.3 Å². The molecule has 0 aliphatic carbocycles. The van der Waals surface area contributed by atoms with E-state index >= 15 is 0 Å². The summed E-state index contributed by atoms with van der Waals surface area (Å²) in [5.41, 5.74) is 2.52. The van der Waals surface area contributed by atoms with Crippen LogP contribution in [0.5, 0.6) is 0 Å². The maximum atomic E-state index is 13.8. The predicted molar refractivity (Wildman–Crippen MR) is 106 cm³/mol. The molecule has 0 amide bonds. The predicted octanol–water partition coefficient (Wildman–Crippen LogP) is 4.78. The largest absolute Gasteiger partial charge is 0.322 e. The summed E-state index contributed by atoms with van der Waals surface area (Å²) in [6, 6.07) is 4.73. The molecule has 0 radical (unpaired) electrons.